The van der Waals surface area contributed by atoms with Crippen LogP contribution in [-0.4, -0.2) is 30.8 Å². The predicted octanol–water partition coefficient (Wildman–Crippen LogP) is 2.14. The molecule has 0 amide bonds. The van der Waals surface area contributed by atoms with Crippen LogP contribution < -0.4 is 0 Å². The molecule has 2 aromatic heterocycles. The molecule has 6 heteroatoms. The number of aromatic amines is 2. The molecular formula is C16H10N6. The van der Waals surface area contributed by atoms with Gasteiger partial charge in [0.1, 0.15) is 5.69 Å². The highest BCUT2D eigenvalue weighted by atomic mass is 15.5. The number of nitrogens with one attached hydrogen (secondary N) is 2. The van der Waals surface area contributed by atoms with E-state index >= 15 is 0 Å². The van der Waals surface area contributed by atoms with Crippen molar-refractivity contribution in [1.29, 1.82) is 0 Å². The van der Waals surface area contributed by atoms with Crippen molar-refractivity contribution in [3.05, 3.63) is 59.8 Å². The average molecular weight is 286 g/mol. The molecule has 0 spiro atoms. The van der Waals surface area contributed by atoms with Crippen LogP contribution in [0.15, 0.2) is 48.5 Å². The zero-order valence-electron chi connectivity index (χ0n) is 11.4. The van der Waals surface area contributed by atoms with E-state index in [0.717, 1.165) is 27.7 Å². The number of fused-ring (bicyclic) bond motifs is 1. The number of hydrogen-bond acceptors (Lipinski definition) is 4. The van der Waals surface area contributed by atoms with Gasteiger partial charge >= 0.3 is 0 Å². The Morgan fingerprint density at radius 3 is 2.64 bits per heavy atom. The second-order valence-electron chi connectivity index (χ2n) is 4.68. The molecule has 0 fully saturated rings. The standard InChI is InChI=1S/C16H10N6/c1-2-4-11(5-3-1)6-8-14-13-10-12(16-19-21-22-20-16)7-9-15(13)18-17-14/h1-5,7,9-10H,(H,17,18)(H,19,20,21,22). The summed E-state index contributed by atoms with van der Waals surface area (Å²) in [5.41, 5.74) is 3.44. The normalized spacial score (nSPS) is 10.4. The average Bonchev–Trinajstić information content (AvgIpc) is 3.23. The minimum absolute atomic E-state index is 0.546. The van der Waals surface area contributed by atoms with Gasteiger partial charge in [0.25, 0.3) is 0 Å². The van der Waals surface area contributed by atoms with Gasteiger partial charge in [-0.2, -0.15) is 10.3 Å². The molecule has 0 bridgehead atoms. The Labute approximate surface area is 125 Å². The van der Waals surface area contributed by atoms with Crippen LogP contribution in [-0.2, 0) is 0 Å². The third-order valence-corrected chi connectivity index (χ3v) is 3.26. The molecule has 0 aliphatic carbocycles. The fraction of sp³-hybridized carbons (Fsp3) is 0. The summed E-state index contributed by atoms with van der Waals surface area (Å²) >= 11 is 0. The molecule has 4 aromatic rings. The first kappa shape index (κ1) is 12.3. The van der Waals surface area contributed by atoms with Crippen molar-refractivity contribution in [1.82, 2.24) is 30.8 Å². The zero-order valence-corrected chi connectivity index (χ0v) is 11.4. The van der Waals surface area contributed by atoms with Crippen molar-refractivity contribution in [3.63, 3.8) is 0 Å². The summed E-state index contributed by atoms with van der Waals surface area (Å²) < 4.78 is 0. The highest BCUT2D eigenvalue weighted by molar-refractivity contribution is 5.87. The first-order chi connectivity index (χ1) is 10.9. The molecule has 6 nitrogen and oxygen atoms in total. The monoisotopic (exact) mass is 286 g/mol. The van der Waals surface area contributed by atoms with Crippen molar-refractivity contribution in [3.8, 4) is 23.2 Å². The summed E-state index contributed by atoms with van der Waals surface area (Å²) in [5, 5.41) is 22.2. The van der Waals surface area contributed by atoms with Gasteiger partial charge in [-0.1, -0.05) is 24.1 Å². The van der Waals surface area contributed by atoms with E-state index in [1.165, 1.54) is 0 Å². The maximum absolute atomic E-state index is 4.26. The fourth-order valence-electron chi connectivity index (χ4n) is 2.18. The fourth-order valence-corrected chi connectivity index (χ4v) is 2.18. The van der Waals surface area contributed by atoms with Crippen LogP contribution in [0.2, 0.25) is 0 Å². The number of nitrogens with zero attached hydrogens (tertiary/aromatic N) is 4. The van der Waals surface area contributed by atoms with E-state index in [1.807, 2.05) is 48.5 Å². The lowest BCUT2D eigenvalue weighted by Gasteiger charge is -1.94. The van der Waals surface area contributed by atoms with E-state index in [4.69, 9.17) is 0 Å². The molecule has 0 aliphatic rings. The van der Waals surface area contributed by atoms with Gasteiger partial charge in [0.2, 0.25) is 5.82 Å². The second kappa shape index (κ2) is 5.14. The molecule has 0 radical (unpaired) electrons. The van der Waals surface area contributed by atoms with Crippen LogP contribution >= 0.6 is 0 Å². The Balaban J connectivity index is 1.79. The van der Waals surface area contributed by atoms with E-state index in [-0.39, 0.29) is 0 Å². The van der Waals surface area contributed by atoms with Gasteiger partial charge in [-0.3, -0.25) is 5.10 Å². The Morgan fingerprint density at radius 2 is 1.82 bits per heavy atom. The lowest BCUT2D eigenvalue weighted by atomic mass is 10.1. The van der Waals surface area contributed by atoms with Gasteiger partial charge in [0.15, 0.2) is 0 Å². The Bertz CT molecular complexity index is 974. The first-order valence-electron chi connectivity index (χ1n) is 6.69. The largest absolute Gasteiger partial charge is 0.269 e. The zero-order chi connectivity index (χ0) is 14.8. The summed E-state index contributed by atoms with van der Waals surface area (Å²) in [4.78, 5) is 0. The maximum atomic E-state index is 4.26. The SMILES string of the molecule is C(#Cc1[nH]nc2ccc(-c3nn[nH]n3)cc12)c1ccccc1. The molecule has 0 aliphatic heterocycles. The van der Waals surface area contributed by atoms with Crippen LogP contribution in [0.3, 0.4) is 0 Å². The summed E-state index contributed by atoms with van der Waals surface area (Å²) in [7, 11) is 0. The van der Waals surface area contributed by atoms with Gasteiger partial charge in [-0.15, -0.1) is 10.2 Å². The summed E-state index contributed by atoms with van der Waals surface area (Å²) in [6.07, 6.45) is 0. The Morgan fingerprint density at radius 1 is 0.909 bits per heavy atom. The minimum atomic E-state index is 0.546. The molecule has 104 valence electrons. The lowest BCUT2D eigenvalue weighted by Crippen LogP contribution is -1.82. The molecule has 2 heterocycles. The molecule has 0 unspecified atom stereocenters. The number of H-pyrrole nitrogens is 2. The molecule has 0 saturated heterocycles. The summed E-state index contributed by atoms with van der Waals surface area (Å²) in [6.45, 7) is 0. The number of hydrogen-bond donors (Lipinski definition) is 2. The van der Waals surface area contributed by atoms with E-state index in [1.54, 1.807) is 0 Å². The van der Waals surface area contributed by atoms with E-state index in [2.05, 4.69) is 42.7 Å². The minimum Gasteiger partial charge on any atom is -0.269 e. The van der Waals surface area contributed by atoms with Gasteiger partial charge in [-0.05, 0) is 41.5 Å². The summed E-state index contributed by atoms with van der Waals surface area (Å²) in [5.74, 6) is 6.79. The molecule has 4 rings (SSSR count). The third kappa shape index (κ3) is 2.21. The summed E-state index contributed by atoms with van der Waals surface area (Å²) in [6, 6.07) is 15.6. The van der Waals surface area contributed by atoms with Crippen molar-refractivity contribution in [2.24, 2.45) is 0 Å². The second-order valence-corrected chi connectivity index (χ2v) is 4.68. The van der Waals surface area contributed by atoms with Crippen LogP contribution in [0.5, 0.6) is 0 Å². The lowest BCUT2D eigenvalue weighted by molar-refractivity contribution is 0.881. The maximum Gasteiger partial charge on any atom is 0.204 e. The van der Waals surface area contributed by atoms with Crippen LogP contribution in [0.1, 0.15) is 11.3 Å². The molecule has 0 atom stereocenters. The topological polar surface area (TPSA) is 83.1 Å². The third-order valence-electron chi connectivity index (χ3n) is 3.26. The molecule has 22 heavy (non-hydrogen) atoms. The van der Waals surface area contributed by atoms with E-state index in [9.17, 15) is 0 Å². The van der Waals surface area contributed by atoms with E-state index in [0.29, 0.717) is 5.82 Å². The highest BCUT2D eigenvalue weighted by Crippen LogP contribution is 2.22. The Kier molecular flexibility index (Phi) is 2.87. The Hall–Kier alpha value is -3.46. The first-order valence-corrected chi connectivity index (χ1v) is 6.69. The van der Waals surface area contributed by atoms with Crippen LogP contribution in [0.4, 0.5) is 0 Å². The molecular weight excluding hydrogens is 276 g/mol. The molecule has 2 aromatic carbocycles. The predicted molar refractivity (Wildman–Crippen MR) is 81.7 cm³/mol. The smallest absolute Gasteiger partial charge is 0.204 e. The number of rotatable bonds is 1. The number of aromatic nitrogens is 6. The van der Waals surface area contributed by atoms with Crippen molar-refractivity contribution in [2.75, 3.05) is 0 Å². The number of benzene rings is 2. The van der Waals surface area contributed by atoms with Crippen molar-refractivity contribution in [2.45, 2.75) is 0 Å². The van der Waals surface area contributed by atoms with Crippen LogP contribution in [0, 0.1) is 11.8 Å². The van der Waals surface area contributed by atoms with Gasteiger partial charge in [0.05, 0.1) is 5.52 Å². The van der Waals surface area contributed by atoms with E-state index < -0.39 is 0 Å². The van der Waals surface area contributed by atoms with Gasteiger partial charge < -0.3 is 0 Å². The highest BCUT2D eigenvalue weighted by Gasteiger charge is 2.08. The van der Waals surface area contributed by atoms with Gasteiger partial charge in [-0.25, -0.2) is 0 Å². The molecule has 2 N–H and O–H groups in total. The van der Waals surface area contributed by atoms with Crippen molar-refractivity contribution < 1.29 is 0 Å². The quantitative estimate of drug-likeness (QED) is 0.525. The number of tetrazole rings is 1. The van der Waals surface area contributed by atoms with Gasteiger partial charge in [0, 0.05) is 16.5 Å². The van der Waals surface area contributed by atoms with Crippen LogP contribution in [0.25, 0.3) is 22.3 Å². The molecule has 0 saturated carbocycles. The van der Waals surface area contributed by atoms with Crippen molar-refractivity contribution >= 4 is 10.9 Å².